The van der Waals surface area contributed by atoms with Crippen LogP contribution in [0.25, 0.3) is 10.9 Å². The summed E-state index contributed by atoms with van der Waals surface area (Å²) in [4.78, 5) is 16.8. The van der Waals surface area contributed by atoms with Crippen LogP contribution in [0.4, 0.5) is 11.4 Å². The van der Waals surface area contributed by atoms with E-state index in [9.17, 15) is 10.1 Å². The highest BCUT2D eigenvalue weighted by molar-refractivity contribution is 5.97. The maximum atomic E-state index is 11.1. The monoisotopic (exact) mass is 270 g/mol. The number of nitro benzene ring substituents is 1. The van der Waals surface area contributed by atoms with Crippen molar-refractivity contribution in [3.63, 3.8) is 0 Å². The molecule has 0 fully saturated rings. The molecule has 6 heteroatoms. The lowest BCUT2D eigenvalue weighted by atomic mass is 10.1. The van der Waals surface area contributed by atoms with Crippen LogP contribution in [-0.4, -0.2) is 23.0 Å². The summed E-state index contributed by atoms with van der Waals surface area (Å²) in [5.41, 5.74) is 1.40. The Bertz CT molecular complexity index is 693. The summed E-state index contributed by atoms with van der Waals surface area (Å²) in [7, 11) is 1.86. The number of anilines is 1. The molecule has 0 spiro atoms. The molecule has 0 aliphatic heterocycles. The first-order chi connectivity index (χ1) is 9.56. The zero-order valence-corrected chi connectivity index (χ0v) is 11.3. The maximum Gasteiger partial charge on any atom is 0.278 e. The number of nitrogens with zero attached hydrogens (tertiary/aromatic N) is 4. The van der Waals surface area contributed by atoms with Crippen molar-refractivity contribution < 1.29 is 4.92 Å². The van der Waals surface area contributed by atoms with Gasteiger partial charge in [0, 0.05) is 25.4 Å². The fourth-order valence-corrected chi connectivity index (χ4v) is 2.09. The SMILES string of the molecule is CC(CC#N)N(C)c1ccc([N+](=O)[O-])c2cccnc12. The largest absolute Gasteiger partial charge is 0.369 e. The lowest BCUT2D eigenvalue weighted by molar-refractivity contribution is -0.383. The number of non-ortho nitro benzene ring substituents is 1. The van der Waals surface area contributed by atoms with E-state index >= 15 is 0 Å². The van der Waals surface area contributed by atoms with Crippen molar-refractivity contribution in [3.8, 4) is 6.07 Å². The first kappa shape index (κ1) is 13.7. The second-order valence-corrected chi connectivity index (χ2v) is 4.58. The van der Waals surface area contributed by atoms with Gasteiger partial charge in [0.25, 0.3) is 5.69 Å². The van der Waals surface area contributed by atoms with Crippen LogP contribution < -0.4 is 4.90 Å². The molecule has 0 bridgehead atoms. The molecule has 0 saturated heterocycles. The molecular formula is C14H14N4O2. The summed E-state index contributed by atoms with van der Waals surface area (Å²) < 4.78 is 0. The topological polar surface area (TPSA) is 83.1 Å². The van der Waals surface area contributed by atoms with Crippen molar-refractivity contribution in [1.82, 2.24) is 4.98 Å². The quantitative estimate of drug-likeness (QED) is 0.630. The molecule has 0 radical (unpaired) electrons. The molecule has 0 N–H and O–H groups in total. The maximum absolute atomic E-state index is 11.1. The van der Waals surface area contributed by atoms with Crippen LogP contribution in [0.3, 0.4) is 0 Å². The normalized spacial score (nSPS) is 11.8. The highest BCUT2D eigenvalue weighted by Gasteiger charge is 2.19. The molecule has 1 heterocycles. The van der Waals surface area contributed by atoms with E-state index < -0.39 is 4.92 Å². The summed E-state index contributed by atoms with van der Waals surface area (Å²) in [5, 5.41) is 20.3. The van der Waals surface area contributed by atoms with Gasteiger partial charge in [-0.3, -0.25) is 15.1 Å². The molecule has 1 aromatic heterocycles. The lowest BCUT2D eigenvalue weighted by Gasteiger charge is -2.25. The van der Waals surface area contributed by atoms with Crippen LogP contribution in [0.2, 0.25) is 0 Å². The van der Waals surface area contributed by atoms with Gasteiger partial charge in [0.05, 0.1) is 28.5 Å². The summed E-state index contributed by atoms with van der Waals surface area (Å²) in [6.07, 6.45) is 1.99. The average molecular weight is 270 g/mol. The Hall–Kier alpha value is -2.68. The summed E-state index contributed by atoms with van der Waals surface area (Å²) in [6, 6.07) is 8.66. The predicted octanol–water partition coefficient (Wildman–Crippen LogP) is 2.88. The molecule has 1 unspecified atom stereocenters. The van der Waals surface area contributed by atoms with Gasteiger partial charge in [0.15, 0.2) is 0 Å². The molecule has 20 heavy (non-hydrogen) atoms. The molecule has 0 amide bonds. The summed E-state index contributed by atoms with van der Waals surface area (Å²) in [6.45, 7) is 1.93. The number of nitriles is 1. The van der Waals surface area contributed by atoms with Crippen LogP contribution in [0.15, 0.2) is 30.5 Å². The molecule has 1 aromatic carbocycles. The van der Waals surface area contributed by atoms with Crippen LogP contribution >= 0.6 is 0 Å². The van der Waals surface area contributed by atoms with E-state index in [0.29, 0.717) is 17.3 Å². The Morgan fingerprint density at radius 2 is 2.25 bits per heavy atom. The number of hydrogen-bond acceptors (Lipinski definition) is 5. The molecule has 2 aromatic rings. The zero-order valence-electron chi connectivity index (χ0n) is 11.3. The Morgan fingerprint density at radius 1 is 1.50 bits per heavy atom. The number of fused-ring (bicyclic) bond motifs is 1. The van der Waals surface area contributed by atoms with Gasteiger partial charge in [-0.15, -0.1) is 0 Å². The van der Waals surface area contributed by atoms with Crippen molar-refractivity contribution in [1.29, 1.82) is 5.26 Å². The number of aromatic nitrogens is 1. The number of rotatable bonds is 4. The van der Waals surface area contributed by atoms with Crippen LogP contribution in [0.1, 0.15) is 13.3 Å². The van der Waals surface area contributed by atoms with Crippen molar-refractivity contribution in [2.45, 2.75) is 19.4 Å². The van der Waals surface area contributed by atoms with Crippen LogP contribution in [-0.2, 0) is 0 Å². The third-order valence-corrected chi connectivity index (χ3v) is 3.35. The minimum absolute atomic E-state index is 0.00617. The smallest absolute Gasteiger partial charge is 0.278 e. The van der Waals surface area contributed by atoms with Crippen LogP contribution in [0, 0.1) is 21.4 Å². The number of nitro groups is 1. The Morgan fingerprint density at radius 3 is 2.90 bits per heavy atom. The minimum atomic E-state index is -0.410. The molecule has 2 rings (SSSR count). The second-order valence-electron chi connectivity index (χ2n) is 4.58. The number of hydrogen-bond donors (Lipinski definition) is 0. The zero-order chi connectivity index (χ0) is 14.7. The Labute approximate surface area is 116 Å². The predicted molar refractivity (Wildman–Crippen MR) is 76.5 cm³/mol. The van der Waals surface area contributed by atoms with Crippen molar-refractivity contribution in [2.24, 2.45) is 0 Å². The van der Waals surface area contributed by atoms with Gasteiger partial charge >= 0.3 is 0 Å². The number of benzene rings is 1. The van der Waals surface area contributed by atoms with E-state index in [1.807, 2.05) is 18.9 Å². The van der Waals surface area contributed by atoms with Gasteiger partial charge in [0.1, 0.15) is 5.52 Å². The first-order valence-corrected chi connectivity index (χ1v) is 6.18. The van der Waals surface area contributed by atoms with Crippen molar-refractivity contribution >= 4 is 22.3 Å². The van der Waals surface area contributed by atoms with Gasteiger partial charge in [-0.2, -0.15) is 5.26 Å². The summed E-state index contributed by atoms with van der Waals surface area (Å²) >= 11 is 0. The fourth-order valence-electron chi connectivity index (χ4n) is 2.09. The van der Waals surface area contributed by atoms with Gasteiger partial charge in [-0.25, -0.2) is 0 Å². The third kappa shape index (κ3) is 2.38. The van der Waals surface area contributed by atoms with E-state index in [2.05, 4.69) is 11.1 Å². The van der Waals surface area contributed by atoms with E-state index in [-0.39, 0.29) is 11.7 Å². The Balaban J connectivity index is 2.59. The average Bonchev–Trinajstić information content (AvgIpc) is 2.45. The first-order valence-electron chi connectivity index (χ1n) is 6.18. The highest BCUT2D eigenvalue weighted by Crippen LogP contribution is 2.32. The Kier molecular flexibility index (Phi) is 3.80. The van der Waals surface area contributed by atoms with E-state index in [0.717, 1.165) is 5.69 Å². The highest BCUT2D eigenvalue weighted by atomic mass is 16.6. The molecule has 1 atom stereocenters. The van der Waals surface area contributed by atoms with E-state index in [1.54, 1.807) is 24.4 Å². The van der Waals surface area contributed by atoms with E-state index in [4.69, 9.17) is 5.26 Å². The van der Waals surface area contributed by atoms with Gasteiger partial charge in [0.2, 0.25) is 0 Å². The minimum Gasteiger partial charge on any atom is -0.369 e. The molecule has 0 saturated carbocycles. The molecule has 0 aliphatic rings. The molecule has 0 aliphatic carbocycles. The van der Waals surface area contributed by atoms with Crippen molar-refractivity contribution in [3.05, 3.63) is 40.6 Å². The van der Waals surface area contributed by atoms with E-state index in [1.165, 1.54) is 6.07 Å². The third-order valence-electron chi connectivity index (χ3n) is 3.35. The van der Waals surface area contributed by atoms with Crippen molar-refractivity contribution in [2.75, 3.05) is 11.9 Å². The lowest BCUT2D eigenvalue weighted by Crippen LogP contribution is -2.28. The van der Waals surface area contributed by atoms with Gasteiger partial charge < -0.3 is 4.90 Å². The number of pyridine rings is 1. The van der Waals surface area contributed by atoms with Crippen LogP contribution in [0.5, 0.6) is 0 Å². The fraction of sp³-hybridized carbons (Fsp3) is 0.286. The summed E-state index contributed by atoms with van der Waals surface area (Å²) in [5.74, 6) is 0. The van der Waals surface area contributed by atoms with Gasteiger partial charge in [-0.1, -0.05) is 0 Å². The molecule has 6 nitrogen and oxygen atoms in total. The second kappa shape index (κ2) is 5.53. The standard InChI is InChI=1S/C14H14N4O2/c1-10(7-8-15)17(2)13-6-5-12(18(19)20)11-4-3-9-16-14(11)13/h3-6,9-10H,7H2,1-2H3. The molecular weight excluding hydrogens is 256 g/mol. The molecule has 102 valence electrons. The van der Waals surface area contributed by atoms with Gasteiger partial charge in [-0.05, 0) is 25.1 Å².